The number of carboxylic acid groups (broad SMARTS) is 1. The van der Waals surface area contributed by atoms with Crippen LogP contribution in [0.5, 0.6) is 0 Å². The van der Waals surface area contributed by atoms with E-state index in [1.807, 2.05) is 6.92 Å². The van der Waals surface area contributed by atoms with Gasteiger partial charge >= 0.3 is 12.1 Å². The lowest BCUT2D eigenvalue weighted by Crippen LogP contribution is -2.43. The zero-order valence-electron chi connectivity index (χ0n) is 19.2. The van der Waals surface area contributed by atoms with Gasteiger partial charge in [0, 0.05) is 16.9 Å². The lowest BCUT2D eigenvalue weighted by molar-refractivity contribution is -0.139. The maximum atomic E-state index is 13.2. The molecule has 0 fully saturated rings. The van der Waals surface area contributed by atoms with E-state index in [9.17, 15) is 36.3 Å². The van der Waals surface area contributed by atoms with Crippen LogP contribution in [0.1, 0.15) is 41.3 Å². The number of sulfonamides is 1. The zero-order chi connectivity index (χ0) is 26.9. The minimum atomic E-state index is -4.70. The highest BCUT2D eigenvalue weighted by Crippen LogP contribution is 2.32. The number of hydrazone groups is 1. The Morgan fingerprint density at radius 2 is 1.81 bits per heavy atom. The first kappa shape index (κ1) is 28.6. The van der Waals surface area contributed by atoms with E-state index in [4.69, 9.17) is 5.84 Å². The average Bonchev–Trinajstić information content (AvgIpc) is 2.81. The summed E-state index contributed by atoms with van der Waals surface area (Å²) in [6.07, 6.45) is -2.87. The number of nitrogens with zero attached hydrogens (tertiary/aromatic N) is 1. The van der Waals surface area contributed by atoms with E-state index in [0.717, 1.165) is 12.4 Å². The number of alkyl halides is 3. The Morgan fingerprint density at radius 1 is 1.14 bits per heavy atom. The van der Waals surface area contributed by atoms with Crippen molar-refractivity contribution in [3.8, 4) is 0 Å². The summed E-state index contributed by atoms with van der Waals surface area (Å²) in [6.45, 7) is 1.81. The van der Waals surface area contributed by atoms with Gasteiger partial charge in [0.2, 0.25) is 10.0 Å². The number of amides is 1. The third-order valence-electron chi connectivity index (χ3n) is 4.87. The molecule has 2 rings (SSSR count). The maximum Gasteiger partial charge on any atom is 0.416 e. The van der Waals surface area contributed by atoms with Gasteiger partial charge in [0.25, 0.3) is 5.91 Å². The highest BCUT2D eigenvalue weighted by atomic mass is 32.2. The summed E-state index contributed by atoms with van der Waals surface area (Å²) < 4.78 is 66.0. The van der Waals surface area contributed by atoms with Crippen molar-refractivity contribution in [3.63, 3.8) is 0 Å². The molecule has 6 N–H and O–H groups in total. The van der Waals surface area contributed by atoms with Gasteiger partial charge in [0.05, 0.1) is 11.3 Å². The second-order valence-corrected chi connectivity index (χ2v) is 9.63. The molecule has 0 unspecified atom stereocenters. The molecule has 0 aliphatic rings. The molecule has 1 atom stereocenters. The van der Waals surface area contributed by atoms with Crippen molar-refractivity contribution < 1.29 is 36.3 Å². The molecule has 0 aromatic heterocycles. The fourth-order valence-corrected chi connectivity index (χ4v) is 4.47. The van der Waals surface area contributed by atoms with E-state index < -0.39 is 39.7 Å². The predicted octanol–water partition coefficient (Wildman–Crippen LogP) is 2.99. The van der Waals surface area contributed by atoms with Crippen molar-refractivity contribution >= 4 is 39.6 Å². The lowest BCUT2D eigenvalue weighted by atomic mass is 10.1. The third-order valence-corrected chi connectivity index (χ3v) is 6.34. The fourth-order valence-electron chi connectivity index (χ4n) is 3.07. The second kappa shape index (κ2) is 12.4. The van der Waals surface area contributed by atoms with Gasteiger partial charge in [-0.05, 0) is 48.7 Å². The van der Waals surface area contributed by atoms with Crippen LogP contribution in [-0.4, -0.2) is 43.5 Å². The number of nitrogens with two attached hydrogens (primary N) is 1. The van der Waals surface area contributed by atoms with E-state index in [0.29, 0.717) is 24.5 Å². The molecule has 2 aromatic carbocycles. The highest BCUT2D eigenvalue weighted by molar-refractivity contribution is 7.89. The van der Waals surface area contributed by atoms with Crippen LogP contribution in [0.25, 0.3) is 0 Å². The van der Waals surface area contributed by atoms with Crippen LogP contribution in [0.2, 0.25) is 0 Å². The summed E-state index contributed by atoms with van der Waals surface area (Å²) in [5.74, 6) is 2.59. The number of carbonyl (C=O) groups is 2. The number of anilines is 2. The van der Waals surface area contributed by atoms with Crippen molar-refractivity contribution in [1.82, 2.24) is 4.72 Å². The van der Waals surface area contributed by atoms with Crippen molar-refractivity contribution in [2.75, 3.05) is 16.4 Å². The Labute approximate surface area is 205 Å². The normalized spacial score (nSPS) is 12.9. The molecule has 36 heavy (non-hydrogen) atoms. The van der Waals surface area contributed by atoms with Crippen LogP contribution < -0.4 is 21.2 Å². The number of halogens is 3. The number of benzene rings is 2. The van der Waals surface area contributed by atoms with Crippen LogP contribution in [0, 0.1) is 0 Å². The van der Waals surface area contributed by atoms with Crippen LogP contribution in [0.4, 0.5) is 24.5 Å². The molecule has 0 radical (unpaired) electrons. The van der Waals surface area contributed by atoms with Gasteiger partial charge in [-0.3, -0.25) is 9.59 Å². The Hall–Kier alpha value is -3.65. The quantitative estimate of drug-likeness (QED) is 0.122. The first-order valence-electron chi connectivity index (χ1n) is 10.7. The summed E-state index contributed by atoms with van der Waals surface area (Å²) in [5, 5.41) is 17.4. The van der Waals surface area contributed by atoms with Crippen LogP contribution >= 0.6 is 0 Å². The van der Waals surface area contributed by atoms with Crippen molar-refractivity contribution in [2.24, 2.45) is 10.9 Å². The van der Waals surface area contributed by atoms with Crippen molar-refractivity contribution in [3.05, 3.63) is 59.2 Å². The van der Waals surface area contributed by atoms with Gasteiger partial charge in [-0.25, -0.2) is 13.1 Å². The van der Waals surface area contributed by atoms with E-state index in [-0.39, 0.29) is 29.1 Å². The zero-order valence-corrected chi connectivity index (χ0v) is 20.0. The molecule has 0 heterocycles. The monoisotopic (exact) mass is 529 g/mol. The maximum absolute atomic E-state index is 13.2. The average molecular weight is 530 g/mol. The molecule has 10 nitrogen and oxygen atoms in total. The molecule has 0 aliphatic carbocycles. The lowest BCUT2D eigenvalue weighted by Gasteiger charge is -2.15. The molecule has 0 saturated heterocycles. The van der Waals surface area contributed by atoms with E-state index >= 15 is 0 Å². The van der Waals surface area contributed by atoms with Crippen LogP contribution in [0.15, 0.2) is 47.6 Å². The largest absolute Gasteiger partial charge is 0.480 e. The van der Waals surface area contributed by atoms with Gasteiger partial charge in [-0.1, -0.05) is 25.5 Å². The number of hydrogen-bond acceptors (Lipinski definition) is 6. The third kappa shape index (κ3) is 8.85. The van der Waals surface area contributed by atoms with Gasteiger partial charge in [0.1, 0.15) is 12.4 Å². The Morgan fingerprint density at radius 3 is 2.36 bits per heavy atom. The molecule has 1 amide bonds. The standard InChI is InChI=1S/C22H26F3N5O5S/c1-2-3-8-36(34,35)30-19(21(32)33)9-14-4-6-17(7-5-14)29-20(31)15-10-16(22(23,24)25)12-18(11-15)27-13-28-26/h4-7,10-13,19,30H,2-3,8-9,26H2,1H3,(H,27,28)(H,29,31)(H,32,33)/t19-/m0/s1. The van der Waals surface area contributed by atoms with Gasteiger partial charge in [-0.2, -0.15) is 18.3 Å². The van der Waals surface area contributed by atoms with Crippen LogP contribution in [0.3, 0.4) is 0 Å². The molecule has 2 aromatic rings. The van der Waals surface area contributed by atoms with Gasteiger partial charge < -0.3 is 21.6 Å². The Bertz CT molecular complexity index is 1200. The van der Waals surface area contributed by atoms with E-state index in [1.54, 1.807) is 0 Å². The molecule has 0 bridgehead atoms. The first-order valence-corrected chi connectivity index (χ1v) is 12.3. The summed E-state index contributed by atoms with van der Waals surface area (Å²) in [6, 6.07) is 7.07. The topological polar surface area (TPSA) is 163 Å². The number of carbonyl (C=O) groups excluding carboxylic acids is 1. The first-order chi connectivity index (χ1) is 16.8. The summed E-state index contributed by atoms with van der Waals surface area (Å²) in [4.78, 5) is 24.1. The predicted molar refractivity (Wildman–Crippen MR) is 129 cm³/mol. The number of carboxylic acids is 1. The molecular weight excluding hydrogens is 503 g/mol. The number of nitrogens with one attached hydrogen (secondary N) is 3. The van der Waals surface area contributed by atoms with E-state index in [1.165, 1.54) is 30.3 Å². The van der Waals surface area contributed by atoms with Crippen molar-refractivity contribution in [2.45, 2.75) is 38.4 Å². The van der Waals surface area contributed by atoms with Gasteiger partial charge in [0.15, 0.2) is 0 Å². The summed E-state index contributed by atoms with van der Waals surface area (Å²) in [5.41, 5.74) is -0.700. The molecule has 0 aliphatic heterocycles. The smallest absolute Gasteiger partial charge is 0.416 e. The Balaban J connectivity index is 2.15. The Kier molecular flexibility index (Phi) is 9.81. The number of unbranched alkanes of at least 4 members (excludes halogenated alkanes) is 1. The summed E-state index contributed by atoms with van der Waals surface area (Å²) >= 11 is 0. The minimum absolute atomic E-state index is 0.0550. The molecule has 196 valence electrons. The fraction of sp³-hybridized carbons (Fsp3) is 0.318. The second-order valence-electron chi connectivity index (χ2n) is 7.76. The molecule has 0 spiro atoms. The molecule has 14 heteroatoms. The van der Waals surface area contributed by atoms with Crippen LogP contribution in [-0.2, 0) is 27.4 Å². The van der Waals surface area contributed by atoms with E-state index in [2.05, 4.69) is 20.5 Å². The SMILES string of the molecule is CCCCS(=O)(=O)N[C@@H](Cc1ccc(NC(=O)c2cc(NC=NN)cc(C(F)(F)F)c2)cc1)C(=O)O. The molecular formula is C22H26F3N5O5S. The summed E-state index contributed by atoms with van der Waals surface area (Å²) in [7, 11) is -3.77. The minimum Gasteiger partial charge on any atom is -0.480 e. The van der Waals surface area contributed by atoms with Gasteiger partial charge in [-0.15, -0.1) is 0 Å². The number of hydrogen-bond donors (Lipinski definition) is 5. The number of rotatable bonds is 12. The van der Waals surface area contributed by atoms with Crippen molar-refractivity contribution in [1.29, 1.82) is 0 Å². The number of aliphatic carboxylic acids is 1. The molecule has 0 saturated carbocycles. The highest BCUT2D eigenvalue weighted by Gasteiger charge is 2.32.